The summed E-state index contributed by atoms with van der Waals surface area (Å²) in [4.78, 5) is 11.1. The van der Waals surface area contributed by atoms with Gasteiger partial charge >= 0.3 is 5.97 Å². The molecule has 0 heterocycles. The summed E-state index contributed by atoms with van der Waals surface area (Å²) in [7, 11) is 1.29. The number of hydrogen-bond donors (Lipinski definition) is 0. The van der Waals surface area contributed by atoms with Gasteiger partial charge < -0.3 is 4.74 Å². The molecule has 0 saturated carbocycles. The van der Waals surface area contributed by atoms with E-state index >= 15 is 0 Å². The normalized spacial score (nSPS) is 9.85. The quantitative estimate of drug-likeness (QED) is 0.713. The first-order chi connectivity index (χ1) is 6.06. The van der Waals surface area contributed by atoms with Crippen LogP contribution in [0.25, 0.3) is 0 Å². The number of carbonyl (C=O) groups is 1. The Bertz CT molecular complexity index is 350. The molecule has 2 nitrogen and oxygen atoms in total. The fourth-order valence-electron chi connectivity index (χ4n) is 0.924. The average Bonchev–Trinajstić information content (AvgIpc) is 2.10. The van der Waals surface area contributed by atoms with Gasteiger partial charge in [0.05, 0.1) is 12.7 Å². The monoisotopic (exact) mass is 246 g/mol. The van der Waals surface area contributed by atoms with Gasteiger partial charge in [-0.05, 0) is 40.5 Å². The Kier molecular flexibility index (Phi) is 3.03. The molecule has 4 heteroatoms. The molecule has 0 fully saturated rings. The second-order valence-electron chi connectivity index (χ2n) is 2.57. The number of ether oxygens (including phenoxy) is 1. The zero-order chi connectivity index (χ0) is 10.0. The van der Waals surface area contributed by atoms with Crippen molar-refractivity contribution in [3.05, 3.63) is 33.5 Å². The topological polar surface area (TPSA) is 26.3 Å². The minimum absolute atomic E-state index is 0.335. The maximum atomic E-state index is 12.9. The lowest BCUT2D eigenvalue weighted by Crippen LogP contribution is -2.03. The summed E-state index contributed by atoms with van der Waals surface area (Å²) in [5.41, 5.74) is 0.755. The highest BCUT2D eigenvalue weighted by molar-refractivity contribution is 9.10. The molecule has 0 spiro atoms. The molecule has 0 atom stereocenters. The molecule has 0 radical (unpaired) electrons. The van der Waals surface area contributed by atoms with E-state index in [1.807, 2.05) is 0 Å². The molecule has 1 rings (SSSR count). The van der Waals surface area contributed by atoms with Crippen LogP contribution in [0, 0.1) is 12.7 Å². The zero-order valence-electron chi connectivity index (χ0n) is 7.23. The minimum atomic E-state index is -0.477. The molecular weight excluding hydrogens is 239 g/mol. The van der Waals surface area contributed by atoms with E-state index in [9.17, 15) is 9.18 Å². The summed E-state index contributed by atoms with van der Waals surface area (Å²) in [5, 5.41) is 0. The molecule has 1 aromatic carbocycles. The first kappa shape index (κ1) is 10.2. The Hall–Kier alpha value is -0.900. The van der Waals surface area contributed by atoms with Crippen molar-refractivity contribution in [3.8, 4) is 0 Å². The van der Waals surface area contributed by atoms with E-state index in [4.69, 9.17) is 0 Å². The Morgan fingerprint density at radius 3 is 2.69 bits per heavy atom. The number of carbonyl (C=O) groups excluding carboxylic acids is 1. The number of esters is 1. The summed E-state index contributed by atoms with van der Waals surface area (Å²) < 4.78 is 17.9. The van der Waals surface area contributed by atoms with Gasteiger partial charge in [-0.25, -0.2) is 9.18 Å². The van der Waals surface area contributed by atoms with Gasteiger partial charge in [0.15, 0.2) is 0 Å². The van der Waals surface area contributed by atoms with Crippen molar-refractivity contribution in [2.75, 3.05) is 7.11 Å². The van der Waals surface area contributed by atoms with Crippen LogP contribution in [0.5, 0.6) is 0 Å². The average molecular weight is 247 g/mol. The third-order valence-corrected chi connectivity index (χ3v) is 2.31. The van der Waals surface area contributed by atoms with E-state index in [2.05, 4.69) is 20.7 Å². The first-order valence-corrected chi connectivity index (χ1v) is 4.39. The van der Waals surface area contributed by atoms with Crippen LogP contribution in [0.15, 0.2) is 16.6 Å². The van der Waals surface area contributed by atoms with E-state index in [1.54, 1.807) is 6.92 Å². The van der Waals surface area contributed by atoms with Crippen LogP contribution >= 0.6 is 15.9 Å². The van der Waals surface area contributed by atoms with Crippen LogP contribution in [-0.4, -0.2) is 13.1 Å². The lowest BCUT2D eigenvalue weighted by atomic mass is 10.1. The molecule has 0 bridgehead atoms. The van der Waals surface area contributed by atoms with Crippen molar-refractivity contribution >= 4 is 21.9 Å². The number of halogens is 2. The molecular formula is C9H8BrFO2. The number of methoxy groups -OCH3 is 1. The lowest BCUT2D eigenvalue weighted by molar-refractivity contribution is 0.0599. The van der Waals surface area contributed by atoms with Gasteiger partial charge in [0.2, 0.25) is 0 Å². The molecule has 1 aromatic rings. The van der Waals surface area contributed by atoms with E-state index in [1.165, 1.54) is 19.2 Å². The molecule has 0 aliphatic heterocycles. The minimum Gasteiger partial charge on any atom is -0.465 e. The number of aryl methyl sites for hydroxylation is 1. The van der Waals surface area contributed by atoms with E-state index in [0.29, 0.717) is 15.6 Å². The number of rotatable bonds is 1. The third-order valence-electron chi connectivity index (χ3n) is 1.65. The predicted molar refractivity (Wildman–Crippen MR) is 50.2 cm³/mol. The van der Waals surface area contributed by atoms with Crippen molar-refractivity contribution in [3.63, 3.8) is 0 Å². The smallest absolute Gasteiger partial charge is 0.339 e. The van der Waals surface area contributed by atoms with Crippen LogP contribution in [-0.2, 0) is 4.74 Å². The first-order valence-electron chi connectivity index (χ1n) is 3.60. The molecule has 13 heavy (non-hydrogen) atoms. The van der Waals surface area contributed by atoms with Crippen LogP contribution in [0.1, 0.15) is 15.9 Å². The van der Waals surface area contributed by atoms with Gasteiger partial charge in [-0.3, -0.25) is 0 Å². The van der Waals surface area contributed by atoms with Crippen molar-refractivity contribution < 1.29 is 13.9 Å². The Morgan fingerprint density at radius 1 is 1.54 bits per heavy atom. The van der Waals surface area contributed by atoms with Crippen LogP contribution in [0.2, 0.25) is 0 Å². The van der Waals surface area contributed by atoms with Gasteiger partial charge in [-0.1, -0.05) is 0 Å². The highest BCUT2D eigenvalue weighted by Gasteiger charge is 2.12. The van der Waals surface area contributed by atoms with Crippen LogP contribution in [0.3, 0.4) is 0 Å². The highest BCUT2D eigenvalue weighted by atomic mass is 79.9. The van der Waals surface area contributed by atoms with E-state index < -0.39 is 5.97 Å². The second kappa shape index (κ2) is 3.87. The second-order valence-corrected chi connectivity index (χ2v) is 3.43. The van der Waals surface area contributed by atoms with Crippen molar-refractivity contribution in [2.45, 2.75) is 6.92 Å². The van der Waals surface area contributed by atoms with Crippen molar-refractivity contribution in [2.24, 2.45) is 0 Å². The SMILES string of the molecule is COC(=O)c1cc(C)c(F)cc1Br. The molecule has 0 aromatic heterocycles. The molecule has 0 amide bonds. The standard InChI is InChI=1S/C9H8BrFO2/c1-5-3-6(9(12)13-2)7(10)4-8(5)11/h3-4H,1-2H3. The fraction of sp³-hybridized carbons (Fsp3) is 0.222. The third kappa shape index (κ3) is 2.06. The summed E-state index contributed by atoms with van der Waals surface area (Å²) in [5.74, 6) is -0.825. The maximum Gasteiger partial charge on any atom is 0.339 e. The Labute approximate surface area is 83.8 Å². The van der Waals surface area contributed by atoms with Gasteiger partial charge in [0.1, 0.15) is 5.82 Å². The van der Waals surface area contributed by atoms with Crippen molar-refractivity contribution in [1.82, 2.24) is 0 Å². The largest absolute Gasteiger partial charge is 0.465 e. The van der Waals surface area contributed by atoms with Gasteiger partial charge in [-0.2, -0.15) is 0 Å². The van der Waals surface area contributed by atoms with Crippen LogP contribution in [0.4, 0.5) is 4.39 Å². The van der Waals surface area contributed by atoms with Gasteiger partial charge in [0, 0.05) is 4.47 Å². The maximum absolute atomic E-state index is 12.9. The molecule has 0 saturated heterocycles. The lowest BCUT2D eigenvalue weighted by Gasteiger charge is -2.04. The summed E-state index contributed by atoms with van der Waals surface area (Å²) >= 11 is 3.08. The molecule has 0 N–H and O–H groups in total. The van der Waals surface area contributed by atoms with Gasteiger partial charge in [0.25, 0.3) is 0 Å². The van der Waals surface area contributed by atoms with Gasteiger partial charge in [-0.15, -0.1) is 0 Å². The van der Waals surface area contributed by atoms with Crippen LogP contribution < -0.4 is 0 Å². The molecule has 0 unspecified atom stereocenters. The molecule has 70 valence electrons. The number of benzene rings is 1. The molecule has 0 aliphatic carbocycles. The van der Waals surface area contributed by atoms with E-state index in [-0.39, 0.29) is 5.82 Å². The summed E-state index contributed by atoms with van der Waals surface area (Å²) in [6, 6.07) is 2.70. The van der Waals surface area contributed by atoms with Crippen molar-refractivity contribution in [1.29, 1.82) is 0 Å². The summed E-state index contributed by atoms with van der Waals surface area (Å²) in [6.07, 6.45) is 0. The predicted octanol–water partition coefficient (Wildman–Crippen LogP) is 2.68. The van der Waals surface area contributed by atoms with E-state index in [0.717, 1.165) is 0 Å². The Morgan fingerprint density at radius 2 is 2.15 bits per heavy atom. The molecule has 0 aliphatic rings. The number of hydrogen-bond acceptors (Lipinski definition) is 2. The highest BCUT2D eigenvalue weighted by Crippen LogP contribution is 2.21. The fourth-order valence-corrected chi connectivity index (χ4v) is 1.40. The zero-order valence-corrected chi connectivity index (χ0v) is 8.81. The Balaban J connectivity index is 3.23. The summed E-state index contributed by atoms with van der Waals surface area (Å²) in [6.45, 7) is 1.59.